The fraction of sp³-hybridized carbons (Fsp3) is 0.538. The van der Waals surface area contributed by atoms with Gasteiger partial charge in [0.1, 0.15) is 0 Å². The van der Waals surface area contributed by atoms with E-state index in [2.05, 4.69) is 10.2 Å². The van der Waals surface area contributed by atoms with Crippen molar-refractivity contribution in [1.29, 1.82) is 0 Å². The lowest BCUT2D eigenvalue weighted by Crippen LogP contribution is -2.39. The van der Waals surface area contributed by atoms with Crippen molar-refractivity contribution in [1.82, 2.24) is 15.1 Å². The van der Waals surface area contributed by atoms with E-state index in [0.717, 1.165) is 12.8 Å². The van der Waals surface area contributed by atoms with Gasteiger partial charge in [-0.1, -0.05) is 6.92 Å². The molecule has 1 heterocycles. The van der Waals surface area contributed by atoms with E-state index >= 15 is 0 Å². The largest absolute Gasteiger partial charge is 0.481 e. The van der Waals surface area contributed by atoms with E-state index in [0.29, 0.717) is 5.88 Å². The Hall–Kier alpha value is -2.18. The van der Waals surface area contributed by atoms with E-state index in [1.807, 2.05) is 0 Å². The summed E-state index contributed by atoms with van der Waals surface area (Å²) in [5.74, 6) is -1.47. The van der Waals surface area contributed by atoms with Crippen molar-refractivity contribution in [2.45, 2.75) is 25.8 Å². The molecule has 1 aliphatic rings. The zero-order chi connectivity index (χ0) is 14.7. The fourth-order valence-corrected chi connectivity index (χ4v) is 1.85. The average Bonchev–Trinajstić information content (AvgIpc) is 3.28. The van der Waals surface area contributed by atoms with Gasteiger partial charge < -0.3 is 14.7 Å². The fourth-order valence-electron chi connectivity index (χ4n) is 1.85. The topological polar surface area (TPSA) is 92.6 Å². The van der Waals surface area contributed by atoms with Crippen molar-refractivity contribution in [3.8, 4) is 5.88 Å². The molecule has 1 aromatic rings. The van der Waals surface area contributed by atoms with Gasteiger partial charge in [0.05, 0.1) is 13.0 Å². The quantitative estimate of drug-likeness (QED) is 0.828. The smallest absolute Gasteiger partial charge is 0.308 e. The van der Waals surface area contributed by atoms with Crippen LogP contribution in [0.3, 0.4) is 0 Å². The first kappa shape index (κ1) is 14.2. The summed E-state index contributed by atoms with van der Waals surface area (Å²) in [5, 5.41) is 16.5. The van der Waals surface area contributed by atoms with Crippen LogP contribution in [-0.2, 0) is 4.79 Å². The molecule has 0 radical (unpaired) electrons. The van der Waals surface area contributed by atoms with E-state index < -0.39 is 11.9 Å². The minimum Gasteiger partial charge on any atom is -0.481 e. The summed E-state index contributed by atoms with van der Waals surface area (Å²) in [7, 11) is 1.47. The van der Waals surface area contributed by atoms with Gasteiger partial charge in [0, 0.05) is 18.7 Å². The van der Waals surface area contributed by atoms with Crippen LogP contribution in [0.2, 0.25) is 0 Å². The van der Waals surface area contributed by atoms with E-state index in [1.54, 1.807) is 17.9 Å². The molecule has 1 aliphatic carbocycles. The number of aliphatic carboxylic acids is 1. The predicted molar refractivity (Wildman–Crippen MR) is 69.4 cm³/mol. The molecule has 2 rings (SSSR count). The van der Waals surface area contributed by atoms with E-state index in [9.17, 15) is 9.59 Å². The van der Waals surface area contributed by atoms with E-state index in [1.165, 1.54) is 13.2 Å². The second kappa shape index (κ2) is 5.85. The number of aromatic nitrogens is 2. The van der Waals surface area contributed by atoms with Gasteiger partial charge in [-0.15, -0.1) is 10.2 Å². The number of hydrogen-bond donors (Lipinski definition) is 1. The second-order valence-electron chi connectivity index (χ2n) is 4.89. The van der Waals surface area contributed by atoms with E-state index in [-0.39, 0.29) is 24.2 Å². The highest BCUT2D eigenvalue weighted by Gasteiger charge is 2.35. The first-order chi connectivity index (χ1) is 9.52. The third-order valence-electron chi connectivity index (χ3n) is 3.21. The Morgan fingerprint density at radius 3 is 2.60 bits per heavy atom. The third-order valence-corrected chi connectivity index (χ3v) is 3.21. The molecule has 1 N–H and O–H groups in total. The SMILES string of the molecule is COc1ccc(C(=O)N(CC(C)C(=O)O)C2CC2)nn1. The maximum Gasteiger partial charge on any atom is 0.308 e. The number of methoxy groups -OCH3 is 1. The first-order valence-electron chi connectivity index (χ1n) is 6.44. The molecule has 20 heavy (non-hydrogen) atoms. The first-order valence-corrected chi connectivity index (χ1v) is 6.44. The maximum absolute atomic E-state index is 12.4. The molecule has 0 aliphatic heterocycles. The molecule has 0 saturated heterocycles. The summed E-state index contributed by atoms with van der Waals surface area (Å²) < 4.78 is 4.89. The van der Waals surface area contributed by atoms with Crippen LogP contribution in [-0.4, -0.2) is 51.8 Å². The predicted octanol–water partition coefficient (Wildman–Crippen LogP) is 0.810. The standard InChI is InChI=1S/C13H17N3O4/c1-8(13(18)19)7-16(9-3-4-9)12(17)10-5-6-11(20-2)15-14-10/h5-6,8-9H,3-4,7H2,1-2H3,(H,18,19). The Bertz CT molecular complexity index is 499. The van der Waals surface area contributed by atoms with Gasteiger partial charge in [0.15, 0.2) is 5.69 Å². The molecule has 0 spiro atoms. The van der Waals surface area contributed by atoms with Crippen LogP contribution in [0.15, 0.2) is 12.1 Å². The van der Waals surface area contributed by atoms with Crippen LogP contribution in [0, 0.1) is 5.92 Å². The van der Waals surface area contributed by atoms with Gasteiger partial charge in [0.25, 0.3) is 5.91 Å². The van der Waals surface area contributed by atoms with Gasteiger partial charge >= 0.3 is 5.97 Å². The summed E-state index contributed by atoms with van der Waals surface area (Å²) in [6, 6.07) is 3.22. The van der Waals surface area contributed by atoms with Crippen molar-refractivity contribution in [3.63, 3.8) is 0 Å². The third kappa shape index (κ3) is 3.23. The highest BCUT2D eigenvalue weighted by molar-refractivity contribution is 5.92. The number of carbonyl (C=O) groups is 2. The number of amides is 1. The van der Waals surface area contributed by atoms with Crippen molar-refractivity contribution < 1.29 is 19.4 Å². The number of ether oxygens (including phenoxy) is 1. The monoisotopic (exact) mass is 279 g/mol. The Morgan fingerprint density at radius 2 is 2.15 bits per heavy atom. The van der Waals surface area contributed by atoms with Gasteiger partial charge in [-0.05, 0) is 18.9 Å². The number of carboxylic acid groups (broad SMARTS) is 1. The Morgan fingerprint density at radius 1 is 1.45 bits per heavy atom. The lowest BCUT2D eigenvalue weighted by Gasteiger charge is -2.23. The average molecular weight is 279 g/mol. The normalized spacial score (nSPS) is 15.5. The molecule has 1 amide bonds. The second-order valence-corrected chi connectivity index (χ2v) is 4.89. The molecule has 7 heteroatoms. The van der Waals surface area contributed by atoms with Gasteiger partial charge in [-0.2, -0.15) is 0 Å². The molecule has 108 valence electrons. The van der Waals surface area contributed by atoms with Crippen LogP contribution >= 0.6 is 0 Å². The Balaban J connectivity index is 2.11. The van der Waals surface area contributed by atoms with Gasteiger partial charge in [-0.3, -0.25) is 9.59 Å². The van der Waals surface area contributed by atoms with Gasteiger partial charge in [-0.25, -0.2) is 0 Å². The highest BCUT2D eigenvalue weighted by Crippen LogP contribution is 2.28. The summed E-state index contributed by atoms with van der Waals surface area (Å²) in [5.41, 5.74) is 0.204. The maximum atomic E-state index is 12.4. The molecule has 0 bridgehead atoms. The van der Waals surface area contributed by atoms with Crippen molar-refractivity contribution in [2.24, 2.45) is 5.92 Å². The van der Waals surface area contributed by atoms with E-state index in [4.69, 9.17) is 9.84 Å². The molecular weight excluding hydrogens is 262 g/mol. The Kier molecular flexibility index (Phi) is 4.16. The molecule has 1 aromatic heterocycles. The van der Waals surface area contributed by atoms with Crippen LogP contribution in [0.1, 0.15) is 30.3 Å². The zero-order valence-electron chi connectivity index (χ0n) is 11.4. The number of nitrogens with zero attached hydrogens (tertiary/aromatic N) is 3. The molecule has 0 aromatic carbocycles. The Labute approximate surface area is 116 Å². The highest BCUT2D eigenvalue weighted by atomic mass is 16.5. The molecule has 7 nitrogen and oxygen atoms in total. The lowest BCUT2D eigenvalue weighted by atomic mass is 10.1. The van der Waals surface area contributed by atoms with Gasteiger partial charge in [0.2, 0.25) is 5.88 Å². The number of rotatable bonds is 6. The molecule has 1 unspecified atom stereocenters. The number of hydrogen-bond acceptors (Lipinski definition) is 5. The summed E-state index contributed by atoms with van der Waals surface area (Å²) in [6.07, 6.45) is 1.81. The van der Waals surface area contributed by atoms with Crippen LogP contribution in [0.25, 0.3) is 0 Å². The van der Waals surface area contributed by atoms with Crippen molar-refractivity contribution in [3.05, 3.63) is 17.8 Å². The molecule has 1 atom stereocenters. The number of carboxylic acids is 1. The minimum absolute atomic E-state index is 0.119. The van der Waals surface area contributed by atoms with Crippen LogP contribution < -0.4 is 4.74 Å². The number of carbonyl (C=O) groups excluding carboxylic acids is 1. The summed E-state index contributed by atoms with van der Waals surface area (Å²) in [6.45, 7) is 1.78. The van der Waals surface area contributed by atoms with Crippen molar-refractivity contribution >= 4 is 11.9 Å². The molecule has 1 saturated carbocycles. The minimum atomic E-state index is -0.913. The molecular formula is C13H17N3O4. The zero-order valence-corrected chi connectivity index (χ0v) is 11.4. The molecule has 1 fully saturated rings. The lowest BCUT2D eigenvalue weighted by molar-refractivity contribution is -0.141. The van der Waals surface area contributed by atoms with Crippen LogP contribution in [0.5, 0.6) is 5.88 Å². The van der Waals surface area contributed by atoms with Crippen LogP contribution in [0.4, 0.5) is 0 Å². The summed E-state index contributed by atoms with van der Waals surface area (Å²) in [4.78, 5) is 24.9. The van der Waals surface area contributed by atoms with Crippen molar-refractivity contribution in [2.75, 3.05) is 13.7 Å². The summed E-state index contributed by atoms with van der Waals surface area (Å²) >= 11 is 0.